The fourth-order valence-electron chi connectivity index (χ4n) is 1.57. The van der Waals surface area contributed by atoms with Crippen LogP contribution in [0.4, 0.5) is 4.79 Å². The molecule has 0 heterocycles. The quantitative estimate of drug-likeness (QED) is 0.690. The number of carboxylic acid groups (broad SMARTS) is 1. The first-order chi connectivity index (χ1) is 9.47. The Kier molecular flexibility index (Phi) is 7.18. The second-order valence-electron chi connectivity index (χ2n) is 6.18. The van der Waals surface area contributed by atoms with Gasteiger partial charge >= 0.3 is 12.1 Å². The molecule has 21 heavy (non-hydrogen) atoms. The third-order valence-electron chi connectivity index (χ3n) is 2.65. The van der Waals surface area contributed by atoms with Gasteiger partial charge in [-0.1, -0.05) is 20.8 Å². The SMILES string of the molecule is CC[C@@H](NC(=O)OC(C)(C)C)C(=O)N[C@H](C(=O)O)C(C)C. The number of rotatable bonds is 6. The summed E-state index contributed by atoms with van der Waals surface area (Å²) in [6.07, 6.45) is -0.379. The van der Waals surface area contributed by atoms with E-state index in [0.29, 0.717) is 6.42 Å². The molecule has 0 rings (SSSR count). The number of aliphatic carboxylic acids is 1. The summed E-state index contributed by atoms with van der Waals surface area (Å²) in [5, 5.41) is 13.9. The molecule has 122 valence electrons. The fraction of sp³-hybridized carbons (Fsp3) is 0.786. The first kappa shape index (κ1) is 19.2. The minimum Gasteiger partial charge on any atom is -0.480 e. The molecular weight excluding hydrogens is 276 g/mol. The zero-order chi connectivity index (χ0) is 16.8. The largest absolute Gasteiger partial charge is 0.480 e. The zero-order valence-corrected chi connectivity index (χ0v) is 13.5. The number of hydrogen-bond acceptors (Lipinski definition) is 4. The lowest BCUT2D eigenvalue weighted by Crippen LogP contribution is -2.53. The maximum absolute atomic E-state index is 12.0. The molecular formula is C14H26N2O5. The first-order valence-electron chi connectivity index (χ1n) is 7.00. The van der Waals surface area contributed by atoms with Gasteiger partial charge in [-0.25, -0.2) is 9.59 Å². The Morgan fingerprint density at radius 1 is 1.14 bits per heavy atom. The molecule has 0 fully saturated rings. The standard InChI is InChI=1S/C14H26N2O5/c1-7-9(15-13(20)21-14(4,5)6)11(17)16-10(8(2)3)12(18)19/h8-10H,7H2,1-6H3,(H,15,20)(H,16,17)(H,18,19)/t9-,10+/m1/s1. The van der Waals surface area contributed by atoms with Gasteiger partial charge in [-0.05, 0) is 33.1 Å². The van der Waals surface area contributed by atoms with E-state index in [-0.39, 0.29) is 5.92 Å². The molecule has 0 aliphatic heterocycles. The smallest absolute Gasteiger partial charge is 0.408 e. The van der Waals surface area contributed by atoms with E-state index in [1.807, 2.05) is 0 Å². The van der Waals surface area contributed by atoms with E-state index < -0.39 is 35.7 Å². The van der Waals surface area contributed by atoms with Crippen molar-refractivity contribution in [1.82, 2.24) is 10.6 Å². The molecule has 0 unspecified atom stereocenters. The highest BCUT2D eigenvalue weighted by atomic mass is 16.6. The van der Waals surface area contributed by atoms with Crippen molar-refractivity contribution >= 4 is 18.0 Å². The van der Waals surface area contributed by atoms with Gasteiger partial charge < -0.3 is 20.5 Å². The van der Waals surface area contributed by atoms with Crippen LogP contribution in [0.5, 0.6) is 0 Å². The maximum atomic E-state index is 12.0. The Morgan fingerprint density at radius 2 is 1.67 bits per heavy atom. The van der Waals surface area contributed by atoms with E-state index in [2.05, 4.69) is 10.6 Å². The molecule has 7 nitrogen and oxygen atoms in total. The van der Waals surface area contributed by atoms with Gasteiger partial charge in [0.05, 0.1) is 0 Å². The van der Waals surface area contributed by atoms with Crippen molar-refractivity contribution in [2.45, 2.75) is 65.6 Å². The summed E-state index contributed by atoms with van der Waals surface area (Å²) in [5.41, 5.74) is -0.666. The van der Waals surface area contributed by atoms with Crippen LogP contribution in [0.3, 0.4) is 0 Å². The lowest BCUT2D eigenvalue weighted by molar-refractivity contribution is -0.143. The molecule has 0 saturated heterocycles. The normalized spacial score (nSPS) is 14.2. The van der Waals surface area contributed by atoms with Crippen LogP contribution in [0.25, 0.3) is 0 Å². The first-order valence-corrected chi connectivity index (χ1v) is 7.00. The van der Waals surface area contributed by atoms with Gasteiger partial charge in [-0.2, -0.15) is 0 Å². The van der Waals surface area contributed by atoms with Crippen molar-refractivity contribution in [2.24, 2.45) is 5.92 Å². The van der Waals surface area contributed by atoms with E-state index in [1.165, 1.54) is 0 Å². The summed E-state index contributed by atoms with van der Waals surface area (Å²) < 4.78 is 5.07. The van der Waals surface area contributed by atoms with Crippen LogP contribution in [0.1, 0.15) is 48.0 Å². The van der Waals surface area contributed by atoms with Crippen LogP contribution in [0.15, 0.2) is 0 Å². The molecule has 0 bridgehead atoms. The van der Waals surface area contributed by atoms with E-state index in [9.17, 15) is 14.4 Å². The highest BCUT2D eigenvalue weighted by molar-refractivity contribution is 5.89. The van der Waals surface area contributed by atoms with Crippen molar-refractivity contribution in [1.29, 1.82) is 0 Å². The topological polar surface area (TPSA) is 105 Å². The second-order valence-corrected chi connectivity index (χ2v) is 6.18. The molecule has 0 saturated carbocycles. The Morgan fingerprint density at radius 3 is 2.00 bits per heavy atom. The minimum atomic E-state index is -1.11. The predicted molar refractivity (Wildman–Crippen MR) is 77.9 cm³/mol. The van der Waals surface area contributed by atoms with Crippen LogP contribution >= 0.6 is 0 Å². The van der Waals surface area contributed by atoms with Gasteiger partial charge in [0, 0.05) is 0 Å². The van der Waals surface area contributed by atoms with Crippen molar-refractivity contribution in [3.63, 3.8) is 0 Å². The molecule has 7 heteroatoms. The molecule has 0 aliphatic carbocycles. The van der Waals surface area contributed by atoms with Crippen molar-refractivity contribution in [2.75, 3.05) is 0 Å². The molecule has 0 aromatic carbocycles. The number of hydrogen-bond donors (Lipinski definition) is 3. The van der Waals surface area contributed by atoms with E-state index in [4.69, 9.17) is 9.84 Å². The summed E-state index contributed by atoms with van der Waals surface area (Å²) in [6.45, 7) is 10.3. The monoisotopic (exact) mass is 302 g/mol. The van der Waals surface area contributed by atoms with E-state index in [0.717, 1.165) is 0 Å². The number of carbonyl (C=O) groups excluding carboxylic acids is 2. The molecule has 2 atom stereocenters. The predicted octanol–water partition coefficient (Wildman–Crippen LogP) is 1.52. The molecule has 2 amide bonds. The lowest BCUT2D eigenvalue weighted by Gasteiger charge is -2.24. The van der Waals surface area contributed by atoms with Crippen molar-refractivity contribution < 1.29 is 24.2 Å². The van der Waals surface area contributed by atoms with Crippen LogP contribution in [-0.4, -0.2) is 40.8 Å². The van der Waals surface area contributed by atoms with Crippen LogP contribution in [0.2, 0.25) is 0 Å². The van der Waals surface area contributed by atoms with Gasteiger partial charge in [0.1, 0.15) is 17.7 Å². The molecule has 0 aromatic rings. The number of alkyl carbamates (subject to hydrolysis) is 1. The van der Waals surface area contributed by atoms with Crippen LogP contribution < -0.4 is 10.6 Å². The average Bonchev–Trinajstić information content (AvgIpc) is 2.29. The Hall–Kier alpha value is -1.79. The third-order valence-corrected chi connectivity index (χ3v) is 2.65. The zero-order valence-electron chi connectivity index (χ0n) is 13.5. The van der Waals surface area contributed by atoms with Gasteiger partial charge in [-0.15, -0.1) is 0 Å². The molecule has 0 aromatic heterocycles. The number of amides is 2. The maximum Gasteiger partial charge on any atom is 0.408 e. The minimum absolute atomic E-state index is 0.259. The average molecular weight is 302 g/mol. The summed E-state index contributed by atoms with van der Waals surface area (Å²) in [6, 6.07) is -1.83. The highest BCUT2D eigenvalue weighted by Gasteiger charge is 2.28. The van der Waals surface area contributed by atoms with Gasteiger partial charge in [0.2, 0.25) is 5.91 Å². The summed E-state index contributed by atoms with van der Waals surface area (Å²) >= 11 is 0. The molecule has 0 aliphatic rings. The number of carbonyl (C=O) groups is 3. The fourth-order valence-corrected chi connectivity index (χ4v) is 1.57. The van der Waals surface area contributed by atoms with Crippen LogP contribution in [0, 0.1) is 5.92 Å². The number of carboxylic acids is 1. The van der Waals surface area contributed by atoms with Gasteiger partial charge in [0.15, 0.2) is 0 Å². The van der Waals surface area contributed by atoms with Crippen LogP contribution in [-0.2, 0) is 14.3 Å². The second kappa shape index (κ2) is 7.85. The third kappa shape index (κ3) is 7.53. The Bertz CT molecular complexity index is 387. The Labute approximate surface area is 125 Å². The van der Waals surface area contributed by atoms with Crippen molar-refractivity contribution in [3.05, 3.63) is 0 Å². The highest BCUT2D eigenvalue weighted by Crippen LogP contribution is 2.08. The molecule has 0 spiro atoms. The van der Waals surface area contributed by atoms with Gasteiger partial charge in [0.25, 0.3) is 0 Å². The number of ether oxygens (including phenoxy) is 1. The summed E-state index contributed by atoms with van der Waals surface area (Å²) in [7, 11) is 0. The summed E-state index contributed by atoms with van der Waals surface area (Å²) in [5.74, 6) is -1.90. The van der Waals surface area contributed by atoms with Gasteiger partial charge in [-0.3, -0.25) is 4.79 Å². The van der Waals surface area contributed by atoms with E-state index >= 15 is 0 Å². The number of nitrogens with one attached hydrogen (secondary N) is 2. The Balaban J connectivity index is 4.69. The van der Waals surface area contributed by atoms with E-state index in [1.54, 1.807) is 41.5 Å². The molecule has 3 N–H and O–H groups in total. The molecule has 0 radical (unpaired) electrons. The van der Waals surface area contributed by atoms with Crippen molar-refractivity contribution in [3.8, 4) is 0 Å². The summed E-state index contributed by atoms with van der Waals surface area (Å²) in [4.78, 5) is 34.8. The lowest BCUT2D eigenvalue weighted by atomic mass is 10.0.